The van der Waals surface area contributed by atoms with Crippen molar-refractivity contribution in [2.45, 2.75) is 11.3 Å². The van der Waals surface area contributed by atoms with E-state index in [1.807, 2.05) is 24.3 Å². The van der Waals surface area contributed by atoms with Gasteiger partial charge in [0.1, 0.15) is 15.6 Å². The minimum Gasteiger partial charge on any atom is -0.496 e. The fourth-order valence-corrected chi connectivity index (χ4v) is 4.08. The molecular weight excluding hydrogens is 310 g/mol. The Labute approximate surface area is 128 Å². The van der Waals surface area contributed by atoms with Gasteiger partial charge in [0.2, 0.25) is 0 Å². The van der Waals surface area contributed by atoms with Crippen LogP contribution < -0.4 is 15.8 Å². The minimum absolute atomic E-state index is 0.0438. The molecule has 0 radical (unpaired) electrons. The van der Waals surface area contributed by atoms with E-state index >= 15 is 0 Å². The number of ether oxygens (including phenoxy) is 1. The number of benzene rings is 1. The predicted molar refractivity (Wildman–Crippen MR) is 84.8 cm³/mol. The van der Waals surface area contributed by atoms with Crippen LogP contribution in [0.15, 0.2) is 29.2 Å². The summed E-state index contributed by atoms with van der Waals surface area (Å²) in [6.07, 6.45) is 1.82. The highest BCUT2D eigenvalue weighted by Crippen LogP contribution is 2.31. The Balaban J connectivity index is 2.08. The smallest absolute Gasteiger partial charge is 0.182 e. The zero-order valence-corrected chi connectivity index (χ0v) is 13.4. The van der Waals surface area contributed by atoms with Crippen molar-refractivity contribution < 1.29 is 13.2 Å². The van der Waals surface area contributed by atoms with Gasteiger partial charge in [-0.25, -0.2) is 8.42 Å². The van der Waals surface area contributed by atoms with Gasteiger partial charge in [0, 0.05) is 12.8 Å². The van der Waals surface area contributed by atoms with Gasteiger partial charge in [-0.1, -0.05) is 18.2 Å². The Morgan fingerprint density at radius 3 is 2.76 bits per heavy atom. The van der Waals surface area contributed by atoms with Gasteiger partial charge >= 0.3 is 0 Å². The lowest BCUT2D eigenvalue weighted by Crippen LogP contribution is -2.09. The molecule has 1 aromatic carbocycles. The Hall–Kier alpha value is -1.80. The molecule has 0 aliphatic rings. The molecular formula is C13H17N3O3S2. The topological polar surface area (TPSA) is 94.3 Å². The van der Waals surface area contributed by atoms with Crippen molar-refractivity contribution in [2.24, 2.45) is 0 Å². The number of anilines is 2. The molecule has 1 aromatic heterocycles. The number of nitrogens with zero attached hydrogens (tertiary/aromatic N) is 1. The third-order valence-corrected chi connectivity index (χ3v) is 5.02. The molecule has 21 heavy (non-hydrogen) atoms. The van der Waals surface area contributed by atoms with Crippen molar-refractivity contribution in [3.05, 3.63) is 29.8 Å². The quantitative estimate of drug-likeness (QED) is 0.840. The van der Waals surface area contributed by atoms with Crippen molar-refractivity contribution in [2.75, 3.05) is 31.0 Å². The summed E-state index contributed by atoms with van der Waals surface area (Å²) in [7, 11) is -1.77. The Morgan fingerprint density at radius 2 is 2.10 bits per heavy atom. The maximum Gasteiger partial charge on any atom is 0.182 e. The van der Waals surface area contributed by atoms with E-state index in [4.69, 9.17) is 10.5 Å². The zero-order chi connectivity index (χ0) is 15.5. The predicted octanol–water partition coefficient (Wildman–Crippen LogP) is 1.79. The van der Waals surface area contributed by atoms with Crippen LogP contribution >= 0.6 is 11.5 Å². The number of nitrogen functional groups attached to an aromatic ring is 1. The van der Waals surface area contributed by atoms with Gasteiger partial charge in [0.05, 0.1) is 7.11 Å². The van der Waals surface area contributed by atoms with Gasteiger partial charge in [-0.05, 0) is 29.6 Å². The Morgan fingerprint density at radius 1 is 1.38 bits per heavy atom. The normalized spacial score (nSPS) is 11.3. The third kappa shape index (κ3) is 3.64. The number of nitrogens with two attached hydrogens (primary N) is 1. The molecule has 0 saturated carbocycles. The van der Waals surface area contributed by atoms with E-state index < -0.39 is 9.84 Å². The van der Waals surface area contributed by atoms with E-state index in [1.165, 1.54) is 0 Å². The first-order chi connectivity index (χ1) is 9.93. The van der Waals surface area contributed by atoms with E-state index in [2.05, 4.69) is 9.69 Å². The fourth-order valence-electron chi connectivity index (χ4n) is 1.99. The maximum absolute atomic E-state index is 11.7. The van der Waals surface area contributed by atoms with Gasteiger partial charge < -0.3 is 15.8 Å². The number of sulfone groups is 1. The third-order valence-electron chi connectivity index (χ3n) is 2.92. The molecule has 0 spiro atoms. The summed E-state index contributed by atoms with van der Waals surface area (Å²) in [5.41, 5.74) is 6.66. The number of hydrogen-bond donors (Lipinski definition) is 2. The minimum atomic E-state index is -3.39. The number of nitrogens with one attached hydrogen (secondary N) is 1. The number of aromatic nitrogens is 1. The lowest BCUT2D eigenvalue weighted by atomic mass is 10.1. The lowest BCUT2D eigenvalue weighted by Gasteiger charge is -2.09. The van der Waals surface area contributed by atoms with Crippen LogP contribution in [0.2, 0.25) is 0 Å². The van der Waals surface area contributed by atoms with E-state index in [-0.39, 0.29) is 10.7 Å². The first-order valence-electron chi connectivity index (χ1n) is 6.24. The average Bonchev–Trinajstić information content (AvgIpc) is 2.80. The van der Waals surface area contributed by atoms with Crippen molar-refractivity contribution in [1.29, 1.82) is 0 Å². The molecule has 1 heterocycles. The average molecular weight is 327 g/mol. The molecule has 0 bridgehead atoms. The summed E-state index contributed by atoms with van der Waals surface area (Å²) in [5, 5.41) is 3.56. The second-order valence-corrected chi connectivity index (χ2v) is 7.21. The van der Waals surface area contributed by atoms with Gasteiger partial charge in [0.25, 0.3) is 0 Å². The molecule has 0 aliphatic heterocycles. The largest absolute Gasteiger partial charge is 0.496 e. The monoisotopic (exact) mass is 327 g/mol. The van der Waals surface area contributed by atoms with Crippen LogP contribution in [0.3, 0.4) is 0 Å². The van der Waals surface area contributed by atoms with Crippen LogP contribution in [0, 0.1) is 0 Å². The standard InChI is InChI=1S/C13H17N3O3S2/c1-19-10-6-4-3-5-9(10)7-8-15-13-11(21(2,17)18)12(14)16-20-13/h3-6,15H,7-8H2,1-2H3,(H2,14,16). The van der Waals surface area contributed by atoms with Crippen LogP contribution in [0.4, 0.5) is 10.8 Å². The second kappa shape index (κ2) is 6.31. The molecule has 3 N–H and O–H groups in total. The summed E-state index contributed by atoms with van der Waals surface area (Å²) in [6.45, 7) is 0.560. The van der Waals surface area contributed by atoms with Crippen LogP contribution in [-0.2, 0) is 16.3 Å². The highest BCUT2D eigenvalue weighted by atomic mass is 32.2. The lowest BCUT2D eigenvalue weighted by molar-refractivity contribution is 0.410. The van der Waals surface area contributed by atoms with E-state index in [0.717, 1.165) is 29.1 Å². The van der Waals surface area contributed by atoms with Crippen LogP contribution in [0.5, 0.6) is 5.75 Å². The summed E-state index contributed by atoms with van der Waals surface area (Å²) in [5.74, 6) is 0.855. The number of para-hydroxylation sites is 1. The van der Waals surface area contributed by atoms with Crippen molar-refractivity contribution in [3.63, 3.8) is 0 Å². The number of methoxy groups -OCH3 is 1. The van der Waals surface area contributed by atoms with Gasteiger partial charge in [-0.2, -0.15) is 4.37 Å². The maximum atomic E-state index is 11.7. The van der Waals surface area contributed by atoms with E-state index in [0.29, 0.717) is 18.0 Å². The van der Waals surface area contributed by atoms with Crippen molar-refractivity contribution in [3.8, 4) is 5.75 Å². The van der Waals surface area contributed by atoms with E-state index in [9.17, 15) is 8.42 Å². The molecule has 2 aromatic rings. The molecule has 0 aliphatic carbocycles. The number of rotatable bonds is 6. The molecule has 6 nitrogen and oxygen atoms in total. The van der Waals surface area contributed by atoms with Gasteiger partial charge in [0.15, 0.2) is 15.7 Å². The summed E-state index contributed by atoms with van der Waals surface area (Å²) >= 11 is 1.05. The fraction of sp³-hybridized carbons (Fsp3) is 0.308. The molecule has 0 atom stereocenters. The molecule has 0 unspecified atom stereocenters. The van der Waals surface area contributed by atoms with E-state index in [1.54, 1.807) is 7.11 Å². The highest BCUT2D eigenvalue weighted by molar-refractivity contribution is 7.91. The first-order valence-corrected chi connectivity index (χ1v) is 8.91. The second-order valence-electron chi connectivity index (χ2n) is 4.49. The summed E-state index contributed by atoms with van der Waals surface area (Å²) in [6, 6.07) is 7.70. The highest BCUT2D eigenvalue weighted by Gasteiger charge is 2.20. The van der Waals surface area contributed by atoms with Gasteiger partial charge in [-0.15, -0.1) is 0 Å². The molecule has 0 saturated heterocycles. The van der Waals surface area contributed by atoms with Crippen LogP contribution in [0.1, 0.15) is 5.56 Å². The molecule has 0 fully saturated rings. The summed E-state index contributed by atoms with van der Waals surface area (Å²) in [4.78, 5) is 0.0764. The summed E-state index contributed by atoms with van der Waals surface area (Å²) < 4.78 is 32.6. The Bertz CT molecular complexity index is 726. The molecule has 2 rings (SSSR count). The molecule has 8 heteroatoms. The van der Waals surface area contributed by atoms with Crippen LogP contribution in [0.25, 0.3) is 0 Å². The van der Waals surface area contributed by atoms with Crippen LogP contribution in [-0.4, -0.2) is 32.7 Å². The molecule has 114 valence electrons. The SMILES string of the molecule is COc1ccccc1CCNc1snc(N)c1S(C)(=O)=O. The number of hydrogen-bond acceptors (Lipinski definition) is 7. The van der Waals surface area contributed by atoms with Crippen molar-refractivity contribution >= 4 is 32.2 Å². The Kier molecular flexibility index (Phi) is 4.69. The zero-order valence-electron chi connectivity index (χ0n) is 11.8. The first kappa shape index (κ1) is 15.6. The van der Waals surface area contributed by atoms with Crippen molar-refractivity contribution in [1.82, 2.24) is 4.37 Å². The van der Waals surface area contributed by atoms with Gasteiger partial charge in [-0.3, -0.25) is 0 Å². The molecule has 0 amide bonds.